The van der Waals surface area contributed by atoms with Gasteiger partial charge in [0.15, 0.2) is 11.6 Å². The van der Waals surface area contributed by atoms with Crippen LogP contribution in [0.4, 0.5) is 0 Å². The van der Waals surface area contributed by atoms with E-state index >= 15 is 0 Å². The van der Waals surface area contributed by atoms with Gasteiger partial charge in [-0.3, -0.25) is 9.59 Å². The van der Waals surface area contributed by atoms with Crippen LogP contribution in [0.15, 0.2) is 23.4 Å². The lowest BCUT2D eigenvalue weighted by Gasteiger charge is -2.20. The average Bonchev–Trinajstić information content (AvgIpc) is 3.00. The van der Waals surface area contributed by atoms with Crippen LogP contribution >= 0.6 is 0 Å². The minimum Gasteiger partial charge on any atom is -0.496 e. The number of nitrogens with zero attached hydrogens (tertiary/aromatic N) is 1. The van der Waals surface area contributed by atoms with Gasteiger partial charge in [-0.2, -0.15) is 0 Å². The number of fused-ring (bicyclic) bond motifs is 1. The molecule has 0 fully saturated rings. The van der Waals surface area contributed by atoms with Crippen LogP contribution in [-0.4, -0.2) is 37.5 Å². The fourth-order valence-corrected chi connectivity index (χ4v) is 5.41. The normalized spacial score (nSPS) is 12.9. The average molecular weight is 584 g/mol. The number of allylic oxidation sites excluding steroid dienone is 2. The first-order chi connectivity index (χ1) is 20.5. The molecule has 0 aliphatic heterocycles. The van der Waals surface area contributed by atoms with Crippen LogP contribution in [0.5, 0.6) is 11.5 Å². The van der Waals surface area contributed by atoms with Crippen molar-refractivity contribution in [3.05, 3.63) is 34.9 Å². The van der Waals surface area contributed by atoms with Gasteiger partial charge in [0.2, 0.25) is 0 Å². The Morgan fingerprint density at radius 1 is 0.643 bits per heavy atom. The molecule has 0 amide bonds. The second-order valence-corrected chi connectivity index (χ2v) is 11.3. The summed E-state index contributed by atoms with van der Waals surface area (Å²) in [6.45, 7) is 4.44. The van der Waals surface area contributed by atoms with E-state index in [0.717, 1.165) is 38.5 Å². The van der Waals surface area contributed by atoms with E-state index in [1.807, 2.05) is 0 Å². The molecule has 0 N–H and O–H groups in total. The molecule has 0 aromatic heterocycles. The molecule has 234 valence electrons. The second-order valence-electron chi connectivity index (χ2n) is 11.3. The smallest absolute Gasteiger partial charge is 0.335 e. The zero-order valence-electron chi connectivity index (χ0n) is 26.6. The van der Waals surface area contributed by atoms with Gasteiger partial charge in [-0.1, -0.05) is 115 Å². The third-order valence-electron chi connectivity index (χ3n) is 7.87. The van der Waals surface area contributed by atoms with Gasteiger partial charge in [-0.25, -0.2) is 4.79 Å². The highest BCUT2D eigenvalue weighted by molar-refractivity contribution is 6.25. The van der Waals surface area contributed by atoms with Crippen molar-refractivity contribution in [2.24, 2.45) is 5.16 Å². The van der Waals surface area contributed by atoms with Crippen molar-refractivity contribution in [1.82, 2.24) is 0 Å². The molecule has 2 rings (SSSR count). The minimum absolute atomic E-state index is 0.157. The van der Waals surface area contributed by atoms with Gasteiger partial charge in [-0.15, -0.1) is 0 Å². The lowest BCUT2D eigenvalue weighted by Crippen LogP contribution is -2.18. The quantitative estimate of drug-likeness (QED) is 0.0552. The van der Waals surface area contributed by atoms with Gasteiger partial charge in [0.1, 0.15) is 11.5 Å². The van der Waals surface area contributed by atoms with Gasteiger partial charge >= 0.3 is 5.97 Å². The lowest BCUT2D eigenvalue weighted by atomic mass is 9.88. The third-order valence-corrected chi connectivity index (χ3v) is 7.87. The summed E-state index contributed by atoms with van der Waals surface area (Å²) in [4.78, 5) is 43.5. The second kappa shape index (κ2) is 20.8. The summed E-state index contributed by atoms with van der Waals surface area (Å²) in [7, 11) is 2.93. The van der Waals surface area contributed by atoms with E-state index in [0.29, 0.717) is 24.1 Å². The first-order valence-electron chi connectivity index (χ1n) is 16.3. The maximum Gasteiger partial charge on any atom is 0.335 e. The Hall–Kier alpha value is -2.96. The maximum absolute atomic E-state index is 12.9. The standard InChI is InChI=1S/C35H53NO6/c1-5-7-9-11-13-14-15-17-18-20-22-28(36-42-32(39)23-21-19-16-12-10-8-6-2)27-26-31(40-3)33-29(37)24-25-30(38)34(33)35(27)41-4/h24-26H,5-23H2,1-4H3. The molecular weight excluding hydrogens is 530 g/mol. The summed E-state index contributed by atoms with van der Waals surface area (Å²) >= 11 is 0. The van der Waals surface area contributed by atoms with Crippen molar-refractivity contribution < 1.29 is 28.7 Å². The Bertz CT molecular complexity index is 1060. The Morgan fingerprint density at radius 3 is 1.62 bits per heavy atom. The van der Waals surface area contributed by atoms with E-state index in [1.165, 1.54) is 97.0 Å². The van der Waals surface area contributed by atoms with Crippen LogP contribution < -0.4 is 9.47 Å². The molecule has 0 bridgehead atoms. The van der Waals surface area contributed by atoms with Crippen LogP contribution in [0.3, 0.4) is 0 Å². The molecule has 0 unspecified atom stereocenters. The predicted octanol–water partition coefficient (Wildman–Crippen LogP) is 9.34. The number of carbonyl (C=O) groups is 3. The van der Waals surface area contributed by atoms with Crippen molar-refractivity contribution in [2.45, 2.75) is 136 Å². The van der Waals surface area contributed by atoms with Crippen LogP contribution in [0.25, 0.3) is 0 Å². The molecule has 1 aliphatic carbocycles. The summed E-state index contributed by atoms with van der Waals surface area (Å²) in [5.41, 5.74) is 1.35. The van der Waals surface area contributed by atoms with Gasteiger partial charge < -0.3 is 14.3 Å². The fourth-order valence-electron chi connectivity index (χ4n) is 5.41. The zero-order valence-corrected chi connectivity index (χ0v) is 26.6. The Kier molecular flexibility index (Phi) is 17.5. The van der Waals surface area contributed by atoms with Crippen molar-refractivity contribution >= 4 is 23.2 Å². The summed E-state index contributed by atoms with van der Waals surface area (Å²) in [5.74, 6) is -0.505. The van der Waals surface area contributed by atoms with Crippen LogP contribution in [0, 0.1) is 0 Å². The Labute approximate surface area is 253 Å². The number of carbonyl (C=O) groups excluding carboxylic acids is 3. The third kappa shape index (κ3) is 11.7. The highest BCUT2D eigenvalue weighted by Crippen LogP contribution is 2.38. The van der Waals surface area contributed by atoms with E-state index in [-0.39, 0.29) is 40.2 Å². The number of oxime groups is 1. The van der Waals surface area contributed by atoms with Crippen LogP contribution in [0.1, 0.15) is 162 Å². The fraction of sp³-hybridized carbons (Fsp3) is 0.657. The van der Waals surface area contributed by atoms with Crippen molar-refractivity contribution in [3.63, 3.8) is 0 Å². The molecule has 1 aromatic carbocycles. The number of ether oxygens (including phenoxy) is 2. The number of benzene rings is 1. The number of rotatable bonds is 23. The number of methoxy groups -OCH3 is 2. The Morgan fingerprint density at radius 2 is 1.12 bits per heavy atom. The molecule has 0 saturated heterocycles. The molecule has 0 atom stereocenters. The molecule has 42 heavy (non-hydrogen) atoms. The molecule has 0 spiro atoms. The molecule has 1 aliphatic rings. The van der Waals surface area contributed by atoms with Gasteiger partial charge in [-0.05, 0) is 37.5 Å². The van der Waals surface area contributed by atoms with E-state index in [2.05, 4.69) is 19.0 Å². The van der Waals surface area contributed by atoms with Gasteiger partial charge in [0, 0.05) is 12.0 Å². The van der Waals surface area contributed by atoms with E-state index < -0.39 is 0 Å². The zero-order chi connectivity index (χ0) is 30.6. The molecule has 0 heterocycles. The predicted molar refractivity (Wildman–Crippen MR) is 169 cm³/mol. The van der Waals surface area contributed by atoms with Crippen molar-refractivity contribution in [1.29, 1.82) is 0 Å². The summed E-state index contributed by atoms with van der Waals surface area (Å²) in [6.07, 6.45) is 23.1. The number of hydrogen-bond acceptors (Lipinski definition) is 7. The molecule has 7 nitrogen and oxygen atoms in total. The first kappa shape index (κ1) is 35.2. The molecule has 1 aromatic rings. The topological polar surface area (TPSA) is 91.3 Å². The number of hydrogen-bond donors (Lipinski definition) is 0. The van der Waals surface area contributed by atoms with Crippen molar-refractivity contribution in [2.75, 3.05) is 14.2 Å². The molecule has 0 radical (unpaired) electrons. The van der Waals surface area contributed by atoms with E-state index in [9.17, 15) is 14.4 Å². The SMILES string of the molecule is CCCCCCCCCCCCC(=NOC(=O)CCCCCCCCC)c1cc(OC)c2c(c1OC)C(=O)C=CC2=O. The monoisotopic (exact) mass is 583 g/mol. The first-order valence-corrected chi connectivity index (χ1v) is 16.3. The van der Waals surface area contributed by atoms with Crippen molar-refractivity contribution in [3.8, 4) is 11.5 Å². The number of unbranched alkanes of at least 4 members (excludes halogenated alkanes) is 15. The van der Waals surface area contributed by atoms with Crippen LogP contribution in [0.2, 0.25) is 0 Å². The molecular formula is C35H53NO6. The van der Waals surface area contributed by atoms with Gasteiger partial charge in [0.25, 0.3) is 0 Å². The summed E-state index contributed by atoms with van der Waals surface area (Å²) in [6, 6.07) is 1.67. The minimum atomic E-state index is -0.373. The highest BCUT2D eigenvalue weighted by atomic mass is 16.7. The maximum atomic E-state index is 12.9. The summed E-state index contributed by atoms with van der Waals surface area (Å²) in [5, 5.41) is 4.30. The largest absolute Gasteiger partial charge is 0.496 e. The van der Waals surface area contributed by atoms with Gasteiger partial charge in [0.05, 0.1) is 31.1 Å². The highest BCUT2D eigenvalue weighted by Gasteiger charge is 2.31. The van der Waals surface area contributed by atoms with E-state index in [1.54, 1.807) is 6.07 Å². The molecule has 7 heteroatoms. The summed E-state index contributed by atoms with van der Waals surface area (Å²) < 4.78 is 11.2. The Balaban J connectivity index is 2.13. The molecule has 0 saturated carbocycles. The lowest BCUT2D eigenvalue weighted by molar-refractivity contribution is -0.143. The van der Waals surface area contributed by atoms with Crippen LogP contribution in [-0.2, 0) is 9.63 Å². The van der Waals surface area contributed by atoms with E-state index in [4.69, 9.17) is 14.3 Å². The number of ketones is 2.